The van der Waals surface area contributed by atoms with E-state index in [0.717, 1.165) is 5.56 Å². The third-order valence-electron chi connectivity index (χ3n) is 3.91. The Hall–Kier alpha value is -3.54. The first-order valence-corrected chi connectivity index (χ1v) is 10.1. The highest BCUT2D eigenvalue weighted by Crippen LogP contribution is 2.08. The van der Waals surface area contributed by atoms with Crippen LogP contribution in [-0.2, 0) is 35.2 Å². The number of alkyl carbamates (subject to hydrolysis) is 1. The smallest absolute Gasteiger partial charge is 0.408 e. The van der Waals surface area contributed by atoms with Crippen molar-refractivity contribution in [3.05, 3.63) is 35.9 Å². The van der Waals surface area contributed by atoms with Crippen molar-refractivity contribution in [3.63, 3.8) is 0 Å². The summed E-state index contributed by atoms with van der Waals surface area (Å²) < 4.78 is 15.2. The maximum atomic E-state index is 12.4. The van der Waals surface area contributed by atoms with Crippen molar-refractivity contribution in [2.24, 2.45) is 0 Å². The molecule has 0 aliphatic rings. The quantitative estimate of drug-likeness (QED) is 0.321. The van der Waals surface area contributed by atoms with Gasteiger partial charge in [0.1, 0.15) is 24.3 Å². The standard InChI is InChI=1S/C23H30N2O7/c1-6-14-30-21(28)18(12-13-19(26)31-15-17-10-8-7-9-11-17)25-20(27)16(2)24-22(29)32-23(3,4)5/h1,7-11,16,18H,12-15H2,2-5H3,(H,24,29)(H,25,27)/t16-,18+/m0/s1. The topological polar surface area (TPSA) is 120 Å². The van der Waals surface area contributed by atoms with Gasteiger partial charge in [0, 0.05) is 6.42 Å². The number of carbonyl (C=O) groups excluding carboxylic acids is 4. The zero-order valence-electron chi connectivity index (χ0n) is 18.8. The van der Waals surface area contributed by atoms with Gasteiger partial charge in [-0.3, -0.25) is 9.59 Å². The molecule has 0 aliphatic heterocycles. The zero-order valence-corrected chi connectivity index (χ0v) is 18.8. The van der Waals surface area contributed by atoms with Crippen LogP contribution < -0.4 is 10.6 Å². The van der Waals surface area contributed by atoms with Gasteiger partial charge in [0.25, 0.3) is 0 Å². The van der Waals surface area contributed by atoms with Crippen LogP contribution >= 0.6 is 0 Å². The van der Waals surface area contributed by atoms with Crippen LogP contribution in [0, 0.1) is 12.3 Å². The Balaban J connectivity index is 2.63. The summed E-state index contributed by atoms with van der Waals surface area (Å²) in [4.78, 5) is 48.6. The van der Waals surface area contributed by atoms with E-state index in [0.29, 0.717) is 0 Å². The second kappa shape index (κ2) is 13.0. The molecule has 0 bridgehead atoms. The van der Waals surface area contributed by atoms with E-state index in [9.17, 15) is 19.2 Å². The molecular weight excluding hydrogens is 416 g/mol. The normalized spacial score (nSPS) is 12.5. The van der Waals surface area contributed by atoms with Crippen LogP contribution in [-0.4, -0.2) is 48.2 Å². The Bertz CT molecular complexity index is 825. The first-order chi connectivity index (χ1) is 15.0. The van der Waals surface area contributed by atoms with E-state index in [1.54, 1.807) is 20.8 Å². The van der Waals surface area contributed by atoms with Crippen molar-refractivity contribution in [1.29, 1.82) is 0 Å². The van der Waals surface area contributed by atoms with Gasteiger partial charge in [0.15, 0.2) is 6.61 Å². The maximum Gasteiger partial charge on any atom is 0.408 e. The second-order valence-corrected chi connectivity index (χ2v) is 7.93. The lowest BCUT2D eigenvalue weighted by Gasteiger charge is -2.23. The number of nitrogens with one attached hydrogen (secondary N) is 2. The summed E-state index contributed by atoms with van der Waals surface area (Å²) in [6.07, 6.45) is 4.11. The fourth-order valence-corrected chi connectivity index (χ4v) is 2.38. The van der Waals surface area contributed by atoms with Gasteiger partial charge in [-0.1, -0.05) is 36.3 Å². The molecule has 1 aromatic rings. The minimum atomic E-state index is -1.15. The van der Waals surface area contributed by atoms with Gasteiger partial charge in [-0.05, 0) is 39.7 Å². The average molecular weight is 447 g/mol. The van der Waals surface area contributed by atoms with Gasteiger partial charge in [0.05, 0.1) is 0 Å². The Morgan fingerprint density at radius 2 is 1.72 bits per heavy atom. The predicted molar refractivity (Wildman–Crippen MR) is 116 cm³/mol. The van der Waals surface area contributed by atoms with E-state index in [1.165, 1.54) is 6.92 Å². The summed E-state index contributed by atoms with van der Waals surface area (Å²) in [5.41, 5.74) is 0.0864. The molecule has 2 amide bonds. The Morgan fingerprint density at radius 3 is 2.31 bits per heavy atom. The molecule has 9 heteroatoms. The predicted octanol–water partition coefficient (Wildman–Crippen LogP) is 2.08. The molecule has 1 aromatic carbocycles. The van der Waals surface area contributed by atoms with Crippen molar-refractivity contribution in [2.75, 3.05) is 6.61 Å². The van der Waals surface area contributed by atoms with Gasteiger partial charge < -0.3 is 24.8 Å². The molecule has 0 fully saturated rings. The number of benzene rings is 1. The SMILES string of the molecule is C#CCOC(=O)[C@@H](CCC(=O)OCc1ccccc1)NC(=O)[C@H](C)NC(=O)OC(C)(C)C. The largest absolute Gasteiger partial charge is 0.461 e. The van der Waals surface area contributed by atoms with Crippen LogP contribution in [0.2, 0.25) is 0 Å². The highest BCUT2D eigenvalue weighted by atomic mass is 16.6. The highest BCUT2D eigenvalue weighted by Gasteiger charge is 2.27. The molecule has 0 radical (unpaired) electrons. The fourth-order valence-electron chi connectivity index (χ4n) is 2.38. The van der Waals surface area contributed by atoms with E-state index >= 15 is 0 Å². The zero-order chi connectivity index (χ0) is 24.1. The lowest BCUT2D eigenvalue weighted by atomic mass is 10.1. The molecule has 0 unspecified atom stereocenters. The van der Waals surface area contributed by atoms with E-state index in [1.807, 2.05) is 30.3 Å². The molecular formula is C23H30N2O7. The highest BCUT2D eigenvalue weighted by molar-refractivity contribution is 5.89. The monoisotopic (exact) mass is 446 g/mol. The molecule has 1 rings (SSSR count). The van der Waals surface area contributed by atoms with Crippen molar-refractivity contribution >= 4 is 23.9 Å². The second-order valence-electron chi connectivity index (χ2n) is 7.93. The molecule has 0 heterocycles. The van der Waals surface area contributed by atoms with Crippen molar-refractivity contribution in [1.82, 2.24) is 10.6 Å². The summed E-state index contributed by atoms with van der Waals surface area (Å²) in [5, 5.41) is 4.84. The number of terminal acetylenes is 1. The van der Waals surface area contributed by atoms with Gasteiger partial charge in [-0.25, -0.2) is 9.59 Å². The van der Waals surface area contributed by atoms with Crippen LogP contribution in [0.3, 0.4) is 0 Å². The fraction of sp³-hybridized carbons (Fsp3) is 0.478. The Morgan fingerprint density at radius 1 is 1.06 bits per heavy atom. The lowest BCUT2D eigenvalue weighted by Crippen LogP contribution is -2.51. The number of rotatable bonds is 10. The minimum Gasteiger partial charge on any atom is -0.461 e. The number of esters is 2. The molecule has 9 nitrogen and oxygen atoms in total. The number of amides is 2. The molecule has 32 heavy (non-hydrogen) atoms. The Kier molecular flexibility index (Phi) is 10.8. The molecule has 0 saturated carbocycles. The van der Waals surface area contributed by atoms with Gasteiger partial charge >= 0.3 is 18.0 Å². The first-order valence-electron chi connectivity index (χ1n) is 10.1. The number of hydrogen-bond acceptors (Lipinski definition) is 7. The van der Waals surface area contributed by atoms with Crippen molar-refractivity contribution < 1.29 is 33.4 Å². The van der Waals surface area contributed by atoms with Crippen molar-refractivity contribution in [3.8, 4) is 12.3 Å². The average Bonchev–Trinajstić information content (AvgIpc) is 2.72. The maximum absolute atomic E-state index is 12.4. The third kappa shape index (κ3) is 11.0. The van der Waals surface area contributed by atoms with Gasteiger partial charge in [-0.15, -0.1) is 6.42 Å². The summed E-state index contributed by atoms with van der Waals surface area (Å²) in [5.74, 6) is 0.165. The van der Waals surface area contributed by atoms with E-state index in [2.05, 4.69) is 16.6 Å². The van der Waals surface area contributed by atoms with E-state index in [-0.39, 0.29) is 26.1 Å². The summed E-state index contributed by atoms with van der Waals surface area (Å²) in [6, 6.07) is 6.96. The number of hydrogen-bond donors (Lipinski definition) is 2. The number of ether oxygens (including phenoxy) is 3. The van der Waals surface area contributed by atoms with Crippen molar-refractivity contribution in [2.45, 2.75) is 64.8 Å². The van der Waals surface area contributed by atoms with Crippen LogP contribution in [0.15, 0.2) is 30.3 Å². The molecule has 2 atom stereocenters. The summed E-state index contributed by atoms with van der Waals surface area (Å²) in [7, 11) is 0. The van der Waals surface area contributed by atoms with Crippen LogP contribution in [0.4, 0.5) is 4.79 Å². The molecule has 0 aliphatic carbocycles. The third-order valence-corrected chi connectivity index (χ3v) is 3.91. The van der Waals surface area contributed by atoms with Crippen LogP contribution in [0.1, 0.15) is 46.1 Å². The molecule has 0 saturated heterocycles. The van der Waals surface area contributed by atoms with Gasteiger partial charge in [0.2, 0.25) is 5.91 Å². The summed E-state index contributed by atoms with van der Waals surface area (Å²) in [6.45, 7) is 6.30. The Labute approximate surface area is 188 Å². The van der Waals surface area contributed by atoms with Crippen LogP contribution in [0.25, 0.3) is 0 Å². The summed E-state index contributed by atoms with van der Waals surface area (Å²) >= 11 is 0. The molecule has 2 N–H and O–H groups in total. The van der Waals surface area contributed by atoms with Gasteiger partial charge in [-0.2, -0.15) is 0 Å². The number of carbonyl (C=O) groups is 4. The molecule has 0 spiro atoms. The van der Waals surface area contributed by atoms with E-state index < -0.39 is 41.6 Å². The first kappa shape index (κ1) is 26.5. The minimum absolute atomic E-state index is 0.0675. The van der Waals surface area contributed by atoms with Crippen LogP contribution in [0.5, 0.6) is 0 Å². The van der Waals surface area contributed by atoms with E-state index in [4.69, 9.17) is 20.6 Å². The lowest BCUT2D eigenvalue weighted by molar-refractivity contribution is -0.148. The molecule has 0 aromatic heterocycles. The molecule has 174 valence electrons.